The van der Waals surface area contributed by atoms with Crippen LogP contribution in [0.15, 0.2) is 36.4 Å². The summed E-state index contributed by atoms with van der Waals surface area (Å²) in [7, 11) is 1.64. The average molecular weight is 399 g/mol. The molecule has 6 heteroatoms. The Labute approximate surface area is 171 Å². The van der Waals surface area contributed by atoms with Crippen LogP contribution in [0.1, 0.15) is 50.5 Å². The molecule has 3 N–H and O–H groups in total. The van der Waals surface area contributed by atoms with Crippen molar-refractivity contribution in [2.24, 2.45) is 0 Å². The third kappa shape index (κ3) is 5.70. The number of nitrogens with one attached hydrogen (secondary N) is 2. The first-order chi connectivity index (χ1) is 14.0. The van der Waals surface area contributed by atoms with Crippen molar-refractivity contribution in [1.29, 1.82) is 0 Å². The number of ether oxygens (including phenoxy) is 1. The summed E-state index contributed by atoms with van der Waals surface area (Å²) in [6.07, 6.45) is 3.11. The Morgan fingerprint density at radius 2 is 1.79 bits per heavy atom. The van der Waals surface area contributed by atoms with E-state index in [9.17, 15) is 14.7 Å². The summed E-state index contributed by atoms with van der Waals surface area (Å²) in [4.78, 5) is 24.6. The summed E-state index contributed by atoms with van der Waals surface area (Å²) in [5.74, 6) is 0.355. The van der Waals surface area contributed by atoms with E-state index in [0.717, 1.165) is 47.8 Å². The minimum atomic E-state index is -0.301. The SMILES string of the molecule is COc1ccc2cc([C@H](C)C(=O)NCCC(=O)NC3CCC(O)CC3)ccc2c1. The molecule has 1 aliphatic carbocycles. The van der Waals surface area contributed by atoms with E-state index in [-0.39, 0.29) is 36.3 Å². The van der Waals surface area contributed by atoms with Crippen LogP contribution in [0.3, 0.4) is 0 Å². The molecular formula is C23H30N2O4. The molecule has 1 aliphatic rings. The van der Waals surface area contributed by atoms with Crippen LogP contribution in [0.25, 0.3) is 10.8 Å². The number of hydrogen-bond donors (Lipinski definition) is 3. The standard InChI is InChI=1S/C23H30N2O4/c1-15(16-3-4-18-14-21(29-2)10-5-17(18)13-16)23(28)24-12-11-22(27)25-19-6-8-20(26)9-7-19/h3-5,10,13-15,19-20,26H,6-9,11-12H2,1-2H3,(H,24,28)(H,25,27)/t15-,19?,20?/m0/s1. The van der Waals surface area contributed by atoms with Gasteiger partial charge in [0.15, 0.2) is 0 Å². The zero-order valence-electron chi connectivity index (χ0n) is 17.1. The van der Waals surface area contributed by atoms with Crippen LogP contribution in [0.5, 0.6) is 5.75 Å². The molecule has 2 amide bonds. The molecule has 6 nitrogen and oxygen atoms in total. The van der Waals surface area contributed by atoms with E-state index in [0.29, 0.717) is 6.54 Å². The van der Waals surface area contributed by atoms with Crippen LogP contribution in [0, 0.1) is 0 Å². The summed E-state index contributed by atoms with van der Waals surface area (Å²) in [6.45, 7) is 2.18. The predicted molar refractivity (Wildman–Crippen MR) is 113 cm³/mol. The van der Waals surface area contributed by atoms with Gasteiger partial charge in [0.25, 0.3) is 0 Å². The minimum Gasteiger partial charge on any atom is -0.497 e. The zero-order valence-corrected chi connectivity index (χ0v) is 17.1. The van der Waals surface area contributed by atoms with E-state index in [4.69, 9.17) is 4.74 Å². The van der Waals surface area contributed by atoms with Crippen molar-refractivity contribution in [3.8, 4) is 5.75 Å². The molecule has 0 heterocycles. The Morgan fingerprint density at radius 3 is 2.52 bits per heavy atom. The first-order valence-corrected chi connectivity index (χ1v) is 10.3. The topological polar surface area (TPSA) is 87.7 Å². The van der Waals surface area contributed by atoms with E-state index in [2.05, 4.69) is 10.6 Å². The molecule has 0 bridgehead atoms. The lowest BCUT2D eigenvalue weighted by molar-refractivity contribution is -0.123. The molecule has 3 rings (SSSR count). The highest BCUT2D eigenvalue weighted by molar-refractivity contribution is 5.88. The first kappa shape index (κ1) is 21.1. The number of carbonyl (C=O) groups excluding carboxylic acids is 2. The maximum Gasteiger partial charge on any atom is 0.227 e. The monoisotopic (exact) mass is 398 g/mol. The Balaban J connectivity index is 1.47. The molecule has 0 unspecified atom stereocenters. The summed E-state index contributed by atoms with van der Waals surface area (Å²) >= 11 is 0. The Kier molecular flexibility index (Phi) is 7.09. The van der Waals surface area contributed by atoms with Gasteiger partial charge in [0.2, 0.25) is 11.8 Å². The van der Waals surface area contributed by atoms with Crippen molar-refractivity contribution in [2.45, 2.75) is 57.1 Å². The number of methoxy groups -OCH3 is 1. The summed E-state index contributed by atoms with van der Waals surface area (Å²) in [5, 5.41) is 17.5. The molecule has 0 spiro atoms. The van der Waals surface area contributed by atoms with Crippen molar-refractivity contribution < 1.29 is 19.4 Å². The van der Waals surface area contributed by atoms with Crippen molar-refractivity contribution in [3.63, 3.8) is 0 Å². The molecule has 156 valence electrons. The summed E-state index contributed by atoms with van der Waals surface area (Å²) in [5.41, 5.74) is 0.936. The van der Waals surface area contributed by atoms with E-state index in [1.807, 2.05) is 43.3 Å². The molecule has 29 heavy (non-hydrogen) atoms. The lowest BCUT2D eigenvalue weighted by Crippen LogP contribution is -2.40. The quantitative estimate of drug-likeness (QED) is 0.669. The lowest BCUT2D eigenvalue weighted by Gasteiger charge is -2.26. The molecule has 0 saturated heterocycles. The van der Waals surface area contributed by atoms with Gasteiger partial charge in [-0.1, -0.05) is 24.3 Å². The fourth-order valence-corrected chi connectivity index (χ4v) is 3.76. The predicted octanol–water partition coefficient (Wildman–Crippen LogP) is 2.88. The van der Waals surface area contributed by atoms with E-state index < -0.39 is 0 Å². The smallest absolute Gasteiger partial charge is 0.227 e. The highest BCUT2D eigenvalue weighted by atomic mass is 16.5. The van der Waals surface area contributed by atoms with Gasteiger partial charge in [-0.15, -0.1) is 0 Å². The van der Waals surface area contributed by atoms with Gasteiger partial charge in [-0.25, -0.2) is 0 Å². The molecule has 0 radical (unpaired) electrons. The molecule has 1 fully saturated rings. The minimum absolute atomic E-state index is 0.0565. The van der Waals surface area contributed by atoms with E-state index in [1.54, 1.807) is 7.11 Å². The van der Waals surface area contributed by atoms with Crippen molar-refractivity contribution in [1.82, 2.24) is 10.6 Å². The fourth-order valence-electron chi connectivity index (χ4n) is 3.76. The number of hydrogen-bond acceptors (Lipinski definition) is 4. The second-order valence-electron chi connectivity index (χ2n) is 7.81. The van der Waals surface area contributed by atoms with Crippen LogP contribution in [0.2, 0.25) is 0 Å². The van der Waals surface area contributed by atoms with Crippen LogP contribution in [-0.2, 0) is 9.59 Å². The lowest BCUT2D eigenvalue weighted by atomic mass is 9.93. The summed E-state index contributed by atoms with van der Waals surface area (Å²) < 4.78 is 5.25. The van der Waals surface area contributed by atoms with Gasteiger partial charge in [-0.2, -0.15) is 0 Å². The Bertz CT molecular complexity index is 859. The number of fused-ring (bicyclic) bond motifs is 1. The second kappa shape index (κ2) is 9.74. The zero-order chi connectivity index (χ0) is 20.8. The molecule has 0 aromatic heterocycles. The van der Waals surface area contributed by atoms with Gasteiger partial charge < -0.3 is 20.5 Å². The van der Waals surface area contributed by atoms with Crippen molar-refractivity contribution in [2.75, 3.05) is 13.7 Å². The summed E-state index contributed by atoms with van der Waals surface area (Å²) in [6, 6.07) is 12.0. The van der Waals surface area contributed by atoms with Crippen molar-refractivity contribution in [3.05, 3.63) is 42.0 Å². The van der Waals surface area contributed by atoms with Gasteiger partial charge >= 0.3 is 0 Å². The van der Waals surface area contributed by atoms with E-state index in [1.165, 1.54) is 0 Å². The van der Waals surface area contributed by atoms with Gasteiger partial charge in [-0.05, 0) is 61.1 Å². The third-order valence-corrected chi connectivity index (χ3v) is 5.68. The molecule has 0 aliphatic heterocycles. The third-order valence-electron chi connectivity index (χ3n) is 5.68. The van der Waals surface area contributed by atoms with Gasteiger partial charge in [-0.3, -0.25) is 9.59 Å². The highest BCUT2D eigenvalue weighted by Crippen LogP contribution is 2.25. The first-order valence-electron chi connectivity index (χ1n) is 10.3. The molecule has 2 aromatic rings. The maximum atomic E-state index is 12.5. The molecule has 2 aromatic carbocycles. The number of benzene rings is 2. The second-order valence-corrected chi connectivity index (χ2v) is 7.81. The number of carbonyl (C=O) groups is 2. The van der Waals surface area contributed by atoms with Crippen LogP contribution >= 0.6 is 0 Å². The van der Waals surface area contributed by atoms with Crippen LogP contribution < -0.4 is 15.4 Å². The fraction of sp³-hybridized carbons (Fsp3) is 0.478. The number of amides is 2. The van der Waals surface area contributed by atoms with Gasteiger partial charge in [0, 0.05) is 19.0 Å². The maximum absolute atomic E-state index is 12.5. The normalized spacial score (nSPS) is 20.1. The van der Waals surface area contributed by atoms with Crippen molar-refractivity contribution >= 4 is 22.6 Å². The Hall–Kier alpha value is -2.60. The van der Waals surface area contributed by atoms with Gasteiger partial charge in [0.05, 0.1) is 19.1 Å². The molecular weight excluding hydrogens is 368 g/mol. The highest BCUT2D eigenvalue weighted by Gasteiger charge is 2.21. The van der Waals surface area contributed by atoms with Crippen LogP contribution in [-0.4, -0.2) is 42.7 Å². The molecule has 1 atom stereocenters. The average Bonchev–Trinajstić information content (AvgIpc) is 2.74. The van der Waals surface area contributed by atoms with E-state index >= 15 is 0 Å². The van der Waals surface area contributed by atoms with Crippen LogP contribution in [0.4, 0.5) is 0 Å². The van der Waals surface area contributed by atoms with Gasteiger partial charge in [0.1, 0.15) is 5.75 Å². The number of aliphatic hydroxyl groups is 1. The Morgan fingerprint density at radius 1 is 1.10 bits per heavy atom. The number of rotatable bonds is 7. The largest absolute Gasteiger partial charge is 0.497 e. The molecule has 1 saturated carbocycles. The number of aliphatic hydroxyl groups excluding tert-OH is 1.